The maximum Gasteiger partial charge on any atom is 0.239 e. The molecule has 0 aromatic carbocycles. The molecule has 6 nitrogen and oxygen atoms in total. The van der Waals surface area contributed by atoms with Crippen molar-refractivity contribution >= 4 is 21.6 Å². The molecule has 1 amide bonds. The Bertz CT molecular complexity index is 485. The average Bonchev–Trinajstić information content (AvgIpc) is 2.25. The first kappa shape index (κ1) is 12.4. The number of likely N-dealkylation sites (N-methyl/N-ethyl adjacent to an activating group) is 1. The molecule has 1 aromatic heterocycles. The quantitative estimate of drug-likeness (QED) is 0.754. The first-order valence-electron chi connectivity index (χ1n) is 4.54. The van der Waals surface area contributed by atoms with Gasteiger partial charge in [0.2, 0.25) is 5.91 Å². The Labute approximate surface area is 94.0 Å². The zero-order valence-corrected chi connectivity index (χ0v) is 9.84. The number of nitrogens with zero attached hydrogens (tertiary/aromatic N) is 1. The van der Waals surface area contributed by atoms with Crippen LogP contribution in [0.25, 0.3) is 0 Å². The summed E-state index contributed by atoms with van der Waals surface area (Å²) < 4.78 is 22.8. The summed E-state index contributed by atoms with van der Waals surface area (Å²) in [5.41, 5.74) is 0. The van der Waals surface area contributed by atoms with Crippen LogP contribution < -0.4 is 10.6 Å². The lowest BCUT2D eigenvalue weighted by molar-refractivity contribution is -0.118. The van der Waals surface area contributed by atoms with Gasteiger partial charge in [0.25, 0.3) is 0 Å². The minimum atomic E-state index is -3.34. The molecule has 0 radical (unpaired) electrons. The van der Waals surface area contributed by atoms with Crippen molar-refractivity contribution in [2.45, 2.75) is 4.90 Å². The summed E-state index contributed by atoms with van der Waals surface area (Å²) in [4.78, 5) is 15.0. The van der Waals surface area contributed by atoms with Gasteiger partial charge in [0.05, 0.1) is 6.54 Å². The van der Waals surface area contributed by atoms with Gasteiger partial charge >= 0.3 is 0 Å². The summed E-state index contributed by atoms with van der Waals surface area (Å²) in [5.74, 6) is -0.0568. The van der Waals surface area contributed by atoms with Crippen molar-refractivity contribution in [1.29, 1.82) is 0 Å². The smallest absolute Gasteiger partial charge is 0.239 e. The molecule has 0 saturated heterocycles. The Morgan fingerprint density at radius 2 is 2.19 bits per heavy atom. The number of aromatic nitrogens is 1. The third kappa shape index (κ3) is 3.20. The van der Waals surface area contributed by atoms with Gasteiger partial charge in [0, 0.05) is 19.5 Å². The fourth-order valence-electron chi connectivity index (χ4n) is 1.07. The van der Waals surface area contributed by atoms with Crippen LogP contribution >= 0.6 is 0 Å². The third-order valence-electron chi connectivity index (χ3n) is 1.87. The number of carbonyl (C=O) groups excluding carboxylic acids is 1. The molecule has 1 rings (SSSR count). The highest BCUT2D eigenvalue weighted by Gasteiger charge is 2.13. The Morgan fingerprint density at radius 3 is 2.75 bits per heavy atom. The number of hydrogen-bond donors (Lipinski definition) is 2. The number of carbonyl (C=O) groups is 1. The van der Waals surface area contributed by atoms with Crippen molar-refractivity contribution in [1.82, 2.24) is 10.3 Å². The van der Waals surface area contributed by atoms with Crippen molar-refractivity contribution in [2.24, 2.45) is 0 Å². The van der Waals surface area contributed by atoms with E-state index < -0.39 is 9.84 Å². The Hall–Kier alpha value is -1.63. The van der Waals surface area contributed by atoms with Crippen LogP contribution in [0.3, 0.4) is 0 Å². The van der Waals surface area contributed by atoms with Crippen molar-refractivity contribution in [3.05, 3.63) is 18.3 Å². The molecule has 0 aliphatic carbocycles. The maximum atomic E-state index is 11.4. The molecule has 1 heterocycles. The minimum absolute atomic E-state index is 0.0178. The summed E-state index contributed by atoms with van der Waals surface area (Å²) in [6.45, 7) is -0.0178. The van der Waals surface area contributed by atoms with Gasteiger partial charge in [-0.1, -0.05) is 0 Å². The molecule has 16 heavy (non-hydrogen) atoms. The van der Waals surface area contributed by atoms with Crippen LogP contribution in [-0.4, -0.2) is 39.2 Å². The number of nitrogens with one attached hydrogen (secondary N) is 2. The summed E-state index contributed by atoms with van der Waals surface area (Å²) in [7, 11) is -1.84. The highest BCUT2D eigenvalue weighted by Crippen LogP contribution is 2.16. The number of sulfone groups is 1. The lowest BCUT2D eigenvalue weighted by atomic mass is 10.4. The summed E-state index contributed by atoms with van der Waals surface area (Å²) in [5, 5.41) is 5.08. The van der Waals surface area contributed by atoms with E-state index in [9.17, 15) is 13.2 Å². The summed E-state index contributed by atoms with van der Waals surface area (Å²) in [6.07, 6.45) is 2.55. The normalized spacial score (nSPS) is 10.9. The van der Waals surface area contributed by atoms with E-state index in [0.717, 1.165) is 6.26 Å². The van der Waals surface area contributed by atoms with Crippen molar-refractivity contribution in [3.63, 3.8) is 0 Å². The number of rotatable bonds is 4. The molecular formula is C9H13N3O3S. The molecule has 1 aromatic rings. The van der Waals surface area contributed by atoms with Gasteiger partial charge in [-0.25, -0.2) is 13.4 Å². The third-order valence-corrected chi connectivity index (χ3v) is 2.99. The zero-order valence-electron chi connectivity index (χ0n) is 9.02. The first-order valence-corrected chi connectivity index (χ1v) is 6.44. The van der Waals surface area contributed by atoms with E-state index in [4.69, 9.17) is 0 Å². The molecule has 2 N–H and O–H groups in total. The Balaban J connectivity index is 2.93. The van der Waals surface area contributed by atoms with Gasteiger partial charge in [0.1, 0.15) is 10.7 Å². The lowest BCUT2D eigenvalue weighted by Crippen LogP contribution is -2.26. The second-order valence-corrected chi connectivity index (χ2v) is 5.13. The van der Waals surface area contributed by atoms with Gasteiger partial charge in [0.15, 0.2) is 9.84 Å². The minimum Gasteiger partial charge on any atom is -0.360 e. The van der Waals surface area contributed by atoms with Gasteiger partial charge < -0.3 is 10.6 Å². The highest BCUT2D eigenvalue weighted by molar-refractivity contribution is 7.90. The molecule has 0 atom stereocenters. The maximum absolute atomic E-state index is 11.4. The molecule has 0 bridgehead atoms. The van der Waals surface area contributed by atoms with Crippen LogP contribution in [0, 0.1) is 0 Å². The van der Waals surface area contributed by atoms with E-state index in [1.807, 2.05) is 0 Å². The van der Waals surface area contributed by atoms with Gasteiger partial charge in [-0.05, 0) is 12.1 Å². The predicted molar refractivity (Wildman–Crippen MR) is 59.9 cm³/mol. The molecule has 7 heteroatoms. The fourth-order valence-corrected chi connectivity index (χ4v) is 1.88. The molecule has 0 aliphatic heterocycles. The van der Waals surface area contributed by atoms with Crippen LogP contribution in [-0.2, 0) is 14.6 Å². The highest BCUT2D eigenvalue weighted by atomic mass is 32.2. The Morgan fingerprint density at radius 1 is 1.50 bits per heavy atom. The molecule has 0 aliphatic rings. The van der Waals surface area contributed by atoms with E-state index in [-0.39, 0.29) is 23.2 Å². The van der Waals surface area contributed by atoms with Crippen LogP contribution in [0.15, 0.2) is 23.2 Å². The van der Waals surface area contributed by atoms with E-state index in [0.29, 0.717) is 0 Å². The van der Waals surface area contributed by atoms with Crippen LogP contribution in [0.5, 0.6) is 0 Å². The molecular weight excluding hydrogens is 230 g/mol. The summed E-state index contributed by atoms with van der Waals surface area (Å²) in [6, 6.07) is 2.97. The lowest BCUT2D eigenvalue weighted by Gasteiger charge is -2.08. The predicted octanol–water partition coefficient (Wildman–Crippen LogP) is -0.357. The number of amides is 1. The first-order chi connectivity index (χ1) is 7.45. The van der Waals surface area contributed by atoms with Gasteiger partial charge in [-0.3, -0.25) is 4.79 Å². The number of hydrogen-bond acceptors (Lipinski definition) is 5. The second kappa shape index (κ2) is 4.93. The second-order valence-electron chi connectivity index (χ2n) is 3.15. The van der Waals surface area contributed by atoms with E-state index in [2.05, 4.69) is 15.6 Å². The van der Waals surface area contributed by atoms with Gasteiger partial charge in [-0.2, -0.15) is 0 Å². The molecule has 88 valence electrons. The average molecular weight is 243 g/mol. The fraction of sp³-hybridized carbons (Fsp3) is 0.333. The van der Waals surface area contributed by atoms with Crippen LogP contribution in [0.1, 0.15) is 0 Å². The molecule has 0 fully saturated rings. The number of pyridine rings is 1. The van der Waals surface area contributed by atoms with E-state index >= 15 is 0 Å². The largest absolute Gasteiger partial charge is 0.360 e. The van der Waals surface area contributed by atoms with Crippen LogP contribution in [0.2, 0.25) is 0 Å². The molecule has 0 unspecified atom stereocenters. The zero-order chi connectivity index (χ0) is 12.2. The van der Waals surface area contributed by atoms with Crippen molar-refractivity contribution < 1.29 is 13.2 Å². The SMILES string of the molecule is CNC(=O)CNc1ncccc1S(C)(=O)=O. The van der Waals surface area contributed by atoms with E-state index in [1.54, 1.807) is 0 Å². The number of anilines is 1. The Kier molecular flexibility index (Phi) is 3.83. The van der Waals surface area contributed by atoms with Gasteiger partial charge in [-0.15, -0.1) is 0 Å². The van der Waals surface area contributed by atoms with Crippen molar-refractivity contribution in [2.75, 3.05) is 25.2 Å². The molecule has 0 spiro atoms. The standard InChI is InChI=1S/C9H13N3O3S/c1-10-8(13)6-12-9-7(16(2,14)15)4-3-5-11-9/h3-5H,6H2,1-2H3,(H,10,13)(H,11,12). The monoisotopic (exact) mass is 243 g/mol. The van der Waals surface area contributed by atoms with E-state index in [1.165, 1.54) is 25.4 Å². The molecule has 0 saturated carbocycles. The van der Waals surface area contributed by atoms with Crippen molar-refractivity contribution in [3.8, 4) is 0 Å². The summed E-state index contributed by atoms with van der Waals surface area (Å²) >= 11 is 0. The van der Waals surface area contributed by atoms with Crippen LogP contribution in [0.4, 0.5) is 5.82 Å². The topological polar surface area (TPSA) is 88.2 Å².